The maximum absolute atomic E-state index is 11.8. The van der Waals surface area contributed by atoms with Gasteiger partial charge in [-0.3, -0.25) is 0 Å². The lowest BCUT2D eigenvalue weighted by Crippen LogP contribution is -2.24. The lowest BCUT2D eigenvalue weighted by Gasteiger charge is -2.22. The molecule has 0 aromatic heterocycles. The Hall–Kier alpha value is -1.50. The van der Waals surface area contributed by atoms with E-state index in [1.165, 1.54) is 19.2 Å². The molecule has 0 saturated carbocycles. The summed E-state index contributed by atoms with van der Waals surface area (Å²) in [5.41, 5.74) is 6.64. The molecule has 1 heterocycles. The molecule has 0 aliphatic carbocycles. The van der Waals surface area contributed by atoms with Crippen molar-refractivity contribution in [3.8, 4) is 0 Å². The maximum atomic E-state index is 11.8. The molecule has 7 heteroatoms. The molecule has 0 amide bonds. The summed E-state index contributed by atoms with van der Waals surface area (Å²) in [6.45, 7) is 0.379. The molecule has 0 spiro atoms. The van der Waals surface area contributed by atoms with Crippen molar-refractivity contribution < 1.29 is 19.7 Å². The van der Waals surface area contributed by atoms with Gasteiger partial charge in [-0.15, -0.1) is 0 Å². The predicted octanol–water partition coefficient (Wildman–Crippen LogP) is 0.251. The first-order valence-corrected chi connectivity index (χ1v) is 6.10. The Kier molecular flexibility index (Phi) is 3.84. The zero-order valence-corrected chi connectivity index (χ0v) is 11.1. The number of methoxy groups -OCH3 is 1. The third-order valence-corrected chi connectivity index (χ3v) is 3.35. The van der Waals surface area contributed by atoms with Gasteiger partial charge in [-0.25, -0.2) is 4.79 Å². The van der Waals surface area contributed by atoms with E-state index in [9.17, 15) is 15.0 Å². The number of esters is 1. The zero-order valence-electron chi connectivity index (χ0n) is 10.3. The van der Waals surface area contributed by atoms with E-state index in [1.807, 2.05) is 0 Å². The number of carbonyl (C=O) groups excluding carboxylic acids is 1. The molecule has 1 fully saturated rings. The summed E-state index contributed by atoms with van der Waals surface area (Å²) < 4.78 is 4.70. The van der Waals surface area contributed by atoms with Gasteiger partial charge >= 0.3 is 5.97 Å². The van der Waals surface area contributed by atoms with E-state index < -0.39 is 18.2 Å². The summed E-state index contributed by atoms with van der Waals surface area (Å²) in [5, 5.41) is 19.5. The fourth-order valence-corrected chi connectivity index (χ4v) is 2.51. The first kappa shape index (κ1) is 13.9. The van der Waals surface area contributed by atoms with Crippen LogP contribution in [-0.4, -0.2) is 48.6 Å². The van der Waals surface area contributed by atoms with Gasteiger partial charge in [0, 0.05) is 18.8 Å². The number of halogens is 1. The normalized spacial score (nSPS) is 22.6. The molecule has 2 unspecified atom stereocenters. The van der Waals surface area contributed by atoms with Gasteiger partial charge in [0.1, 0.15) is 0 Å². The third-order valence-electron chi connectivity index (χ3n) is 3.07. The van der Waals surface area contributed by atoms with E-state index in [4.69, 9.17) is 22.1 Å². The molecule has 6 nitrogen and oxygen atoms in total. The number of ether oxygens (including phenoxy) is 1. The van der Waals surface area contributed by atoms with Gasteiger partial charge in [0.15, 0.2) is 0 Å². The number of rotatable bonds is 2. The minimum absolute atomic E-state index is 0.189. The first-order valence-electron chi connectivity index (χ1n) is 5.72. The standard InChI is InChI=1S/C12H15ClN2O4/c1-19-12(18)7-2-6(14)3-8(13)11(7)15-4-9(16)10(17)5-15/h2-3,9-10,16-17H,4-5,14H2,1H3. The lowest BCUT2D eigenvalue weighted by molar-refractivity contribution is 0.0572. The molecular weight excluding hydrogens is 272 g/mol. The Balaban J connectivity index is 2.47. The minimum atomic E-state index is -0.876. The Morgan fingerprint density at radius 2 is 2.00 bits per heavy atom. The zero-order chi connectivity index (χ0) is 14.2. The lowest BCUT2D eigenvalue weighted by atomic mass is 10.1. The van der Waals surface area contributed by atoms with E-state index in [2.05, 4.69) is 0 Å². The number of carbonyl (C=O) groups is 1. The van der Waals surface area contributed by atoms with Crippen LogP contribution >= 0.6 is 11.6 Å². The highest BCUT2D eigenvalue weighted by Gasteiger charge is 2.33. The molecule has 1 aliphatic rings. The van der Waals surface area contributed by atoms with E-state index in [0.717, 1.165) is 0 Å². The molecule has 1 saturated heterocycles. The van der Waals surface area contributed by atoms with Crippen LogP contribution in [0.25, 0.3) is 0 Å². The van der Waals surface area contributed by atoms with Crippen molar-refractivity contribution >= 4 is 28.9 Å². The monoisotopic (exact) mass is 286 g/mol. The van der Waals surface area contributed by atoms with Crippen molar-refractivity contribution in [3.63, 3.8) is 0 Å². The summed E-state index contributed by atoms with van der Waals surface area (Å²) in [4.78, 5) is 13.4. The highest BCUT2D eigenvalue weighted by molar-refractivity contribution is 6.34. The quantitative estimate of drug-likeness (QED) is 0.533. The van der Waals surface area contributed by atoms with Gasteiger partial charge in [0.2, 0.25) is 0 Å². The van der Waals surface area contributed by atoms with Crippen LogP contribution in [0.3, 0.4) is 0 Å². The van der Waals surface area contributed by atoms with Gasteiger partial charge in [-0.1, -0.05) is 11.6 Å². The fourth-order valence-electron chi connectivity index (χ4n) is 2.16. The Morgan fingerprint density at radius 1 is 1.42 bits per heavy atom. The summed E-state index contributed by atoms with van der Waals surface area (Å²) in [6.07, 6.45) is -1.75. The smallest absolute Gasteiger partial charge is 0.340 e. The molecule has 1 aliphatic heterocycles. The van der Waals surface area contributed by atoms with Crippen molar-refractivity contribution in [2.45, 2.75) is 12.2 Å². The number of anilines is 2. The van der Waals surface area contributed by atoms with Crippen LogP contribution in [0, 0.1) is 0 Å². The van der Waals surface area contributed by atoms with Gasteiger partial charge in [0.05, 0.1) is 35.6 Å². The molecule has 0 bridgehead atoms. The second kappa shape index (κ2) is 5.24. The van der Waals surface area contributed by atoms with Crippen molar-refractivity contribution in [1.29, 1.82) is 0 Å². The Labute approximate surface area is 115 Å². The van der Waals surface area contributed by atoms with Crippen LogP contribution in [-0.2, 0) is 4.74 Å². The molecule has 1 aromatic rings. The summed E-state index contributed by atoms with van der Waals surface area (Å²) in [7, 11) is 1.26. The number of nitrogen functional groups attached to an aromatic ring is 1. The fraction of sp³-hybridized carbons (Fsp3) is 0.417. The van der Waals surface area contributed by atoms with Gasteiger partial charge in [-0.2, -0.15) is 0 Å². The number of nitrogens with two attached hydrogens (primary N) is 1. The number of aliphatic hydroxyl groups excluding tert-OH is 2. The Morgan fingerprint density at radius 3 is 2.53 bits per heavy atom. The SMILES string of the molecule is COC(=O)c1cc(N)cc(Cl)c1N1CC(O)C(O)C1. The minimum Gasteiger partial charge on any atom is -0.465 e. The molecule has 0 radical (unpaired) electrons. The van der Waals surface area contributed by atoms with Crippen LogP contribution in [0.2, 0.25) is 5.02 Å². The predicted molar refractivity (Wildman–Crippen MR) is 71.4 cm³/mol. The largest absolute Gasteiger partial charge is 0.465 e. The molecule has 2 rings (SSSR count). The summed E-state index contributed by atoms with van der Waals surface area (Å²) in [5.74, 6) is -0.569. The van der Waals surface area contributed by atoms with Crippen LogP contribution in [0.4, 0.5) is 11.4 Å². The maximum Gasteiger partial charge on any atom is 0.340 e. The van der Waals surface area contributed by atoms with Gasteiger partial charge in [0.25, 0.3) is 0 Å². The van der Waals surface area contributed by atoms with E-state index in [1.54, 1.807) is 4.90 Å². The van der Waals surface area contributed by atoms with Gasteiger partial charge in [-0.05, 0) is 12.1 Å². The number of nitrogens with zero attached hydrogens (tertiary/aromatic N) is 1. The number of hydrogen-bond donors (Lipinski definition) is 3. The van der Waals surface area contributed by atoms with E-state index >= 15 is 0 Å². The molecular formula is C12H15ClN2O4. The van der Waals surface area contributed by atoms with Crippen LogP contribution in [0.5, 0.6) is 0 Å². The van der Waals surface area contributed by atoms with Gasteiger partial charge < -0.3 is 25.6 Å². The second-order valence-corrected chi connectivity index (χ2v) is 4.84. The second-order valence-electron chi connectivity index (χ2n) is 4.43. The average molecular weight is 287 g/mol. The first-order chi connectivity index (χ1) is 8.93. The van der Waals surface area contributed by atoms with Crippen LogP contribution in [0.1, 0.15) is 10.4 Å². The molecule has 19 heavy (non-hydrogen) atoms. The Bertz CT molecular complexity index is 499. The highest BCUT2D eigenvalue weighted by atomic mass is 35.5. The van der Waals surface area contributed by atoms with Crippen molar-refractivity contribution in [2.75, 3.05) is 30.8 Å². The van der Waals surface area contributed by atoms with Crippen molar-refractivity contribution in [2.24, 2.45) is 0 Å². The van der Waals surface area contributed by atoms with E-state index in [0.29, 0.717) is 11.4 Å². The molecule has 1 aromatic carbocycles. The third kappa shape index (κ3) is 2.60. The van der Waals surface area contributed by atoms with Crippen LogP contribution < -0.4 is 10.6 Å². The molecule has 4 N–H and O–H groups in total. The topological polar surface area (TPSA) is 96.0 Å². The highest BCUT2D eigenvalue weighted by Crippen LogP contribution is 2.35. The van der Waals surface area contributed by atoms with E-state index in [-0.39, 0.29) is 23.7 Å². The number of β-amino-alcohol motifs (C(OH)–C–C–N with tert-alkyl or cyclic N) is 2. The average Bonchev–Trinajstić information content (AvgIpc) is 2.67. The summed E-state index contributed by atoms with van der Waals surface area (Å²) in [6, 6.07) is 2.98. The van der Waals surface area contributed by atoms with Crippen LogP contribution in [0.15, 0.2) is 12.1 Å². The number of hydrogen-bond acceptors (Lipinski definition) is 6. The number of aliphatic hydroxyl groups is 2. The summed E-state index contributed by atoms with van der Waals surface area (Å²) >= 11 is 6.12. The van der Waals surface area contributed by atoms with Crippen molar-refractivity contribution in [3.05, 3.63) is 22.7 Å². The molecule has 2 atom stereocenters. The number of benzene rings is 1. The molecule has 104 valence electrons. The van der Waals surface area contributed by atoms with Crippen molar-refractivity contribution in [1.82, 2.24) is 0 Å².